The first-order valence-electron chi connectivity index (χ1n) is 5.70. The molecule has 2 atom stereocenters. The SMILES string of the molecule is CC(c1ccccc1)N1C(=O)CCC1C(=O)O. The summed E-state index contributed by atoms with van der Waals surface area (Å²) in [5, 5.41) is 9.10. The van der Waals surface area contributed by atoms with Gasteiger partial charge >= 0.3 is 5.97 Å². The van der Waals surface area contributed by atoms with Crippen LogP contribution in [0.15, 0.2) is 30.3 Å². The predicted octanol–water partition coefficient (Wildman–Crippen LogP) is 1.82. The van der Waals surface area contributed by atoms with Gasteiger partial charge in [0.2, 0.25) is 5.91 Å². The molecule has 1 saturated heterocycles. The lowest BCUT2D eigenvalue weighted by Gasteiger charge is -2.28. The van der Waals surface area contributed by atoms with E-state index in [-0.39, 0.29) is 11.9 Å². The van der Waals surface area contributed by atoms with Crippen LogP contribution in [0.5, 0.6) is 0 Å². The number of likely N-dealkylation sites (tertiary alicyclic amines) is 1. The van der Waals surface area contributed by atoms with Crippen LogP contribution in [0.2, 0.25) is 0 Å². The molecule has 1 heterocycles. The zero-order valence-corrected chi connectivity index (χ0v) is 9.67. The topological polar surface area (TPSA) is 57.6 Å². The largest absolute Gasteiger partial charge is 0.480 e. The van der Waals surface area contributed by atoms with Gasteiger partial charge in [-0.1, -0.05) is 30.3 Å². The van der Waals surface area contributed by atoms with Gasteiger partial charge in [-0.25, -0.2) is 4.79 Å². The standard InChI is InChI=1S/C13H15NO3/c1-9(10-5-3-2-4-6-10)14-11(13(16)17)7-8-12(14)15/h2-6,9,11H,7-8H2,1H3,(H,16,17). The van der Waals surface area contributed by atoms with E-state index < -0.39 is 12.0 Å². The van der Waals surface area contributed by atoms with Crippen LogP contribution in [0.1, 0.15) is 31.4 Å². The molecule has 1 fully saturated rings. The molecule has 1 amide bonds. The van der Waals surface area contributed by atoms with Gasteiger partial charge in [0.1, 0.15) is 6.04 Å². The Hall–Kier alpha value is -1.84. The second-order valence-electron chi connectivity index (χ2n) is 4.28. The van der Waals surface area contributed by atoms with Crippen LogP contribution in [0.3, 0.4) is 0 Å². The van der Waals surface area contributed by atoms with Crippen LogP contribution in [-0.2, 0) is 9.59 Å². The molecule has 17 heavy (non-hydrogen) atoms. The minimum absolute atomic E-state index is 0.0752. The van der Waals surface area contributed by atoms with Gasteiger partial charge < -0.3 is 10.0 Å². The minimum Gasteiger partial charge on any atom is -0.480 e. The number of carboxylic acids is 1. The third-order valence-electron chi connectivity index (χ3n) is 3.24. The van der Waals surface area contributed by atoms with Gasteiger partial charge in [-0.15, -0.1) is 0 Å². The molecule has 1 aromatic carbocycles. The Balaban J connectivity index is 2.26. The fourth-order valence-corrected chi connectivity index (χ4v) is 2.32. The lowest BCUT2D eigenvalue weighted by molar-refractivity contribution is -0.147. The molecule has 0 bridgehead atoms. The lowest BCUT2D eigenvalue weighted by Crippen LogP contribution is -2.40. The van der Waals surface area contributed by atoms with E-state index in [1.165, 1.54) is 4.90 Å². The quantitative estimate of drug-likeness (QED) is 0.866. The van der Waals surface area contributed by atoms with Gasteiger partial charge in [-0.3, -0.25) is 4.79 Å². The Morgan fingerprint density at radius 1 is 1.41 bits per heavy atom. The molecule has 0 aromatic heterocycles. The summed E-state index contributed by atoms with van der Waals surface area (Å²) in [6.45, 7) is 1.87. The molecule has 1 aliphatic heterocycles. The summed E-state index contributed by atoms with van der Waals surface area (Å²) in [6, 6.07) is 8.63. The highest BCUT2D eigenvalue weighted by molar-refractivity contribution is 5.87. The maximum Gasteiger partial charge on any atom is 0.326 e. The Kier molecular flexibility index (Phi) is 3.13. The van der Waals surface area contributed by atoms with Crippen molar-refractivity contribution in [1.29, 1.82) is 0 Å². The zero-order chi connectivity index (χ0) is 12.4. The van der Waals surface area contributed by atoms with Crippen molar-refractivity contribution in [1.82, 2.24) is 4.90 Å². The number of amides is 1. The molecule has 4 heteroatoms. The number of benzene rings is 1. The van der Waals surface area contributed by atoms with Gasteiger partial charge in [-0.2, -0.15) is 0 Å². The van der Waals surface area contributed by atoms with Crippen LogP contribution in [0, 0.1) is 0 Å². The van der Waals surface area contributed by atoms with Crippen molar-refractivity contribution < 1.29 is 14.7 Å². The molecule has 0 saturated carbocycles. The number of carbonyl (C=O) groups excluding carboxylic acids is 1. The average molecular weight is 233 g/mol. The highest BCUT2D eigenvalue weighted by atomic mass is 16.4. The Morgan fingerprint density at radius 3 is 2.65 bits per heavy atom. The first-order valence-corrected chi connectivity index (χ1v) is 5.70. The molecule has 2 unspecified atom stereocenters. The number of hydrogen-bond acceptors (Lipinski definition) is 2. The summed E-state index contributed by atoms with van der Waals surface area (Å²) in [5.74, 6) is -0.993. The zero-order valence-electron chi connectivity index (χ0n) is 9.67. The van der Waals surface area contributed by atoms with E-state index in [4.69, 9.17) is 5.11 Å². The number of rotatable bonds is 3. The van der Waals surface area contributed by atoms with Crippen LogP contribution in [0.4, 0.5) is 0 Å². The Labute approximate surface area is 99.9 Å². The highest BCUT2D eigenvalue weighted by Gasteiger charge is 2.39. The second-order valence-corrected chi connectivity index (χ2v) is 4.28. The number of carbonyl (C=O) groups is 2. The summed E-state index contributed by atoms with van der Waals surface area (Å²) < 4.78 is 0. The second kappa shape index (κ2) is 4.57. The molecular formula is C13H15NO3. The molecule has 2 rings (SSSR count). The summed E-state index contributed by atoms with van der Waals surface area (Å²) in [5.41, 5.74) is 0.967. The summed E-state index contributed by atoms with van der Waals surface area (Å²) in [6.07, 6.45) is 0.736. The van der Waals surface area contributed by atoms with Crippen molar-refractivity contribution in [3.05, 3.63) is 35.9 Å². The normalized spacial score (nSPS) is 21.6. The molecule has 1 N–H and O–H groups in total. The van der Waals surface area contributed by atoms with Crippen molar-refractivity contribution in [2.45, 2.75) is 31.8 Å². The molecule has 0 radical (unpaired) electrons. The lowest BCUT2D eigenvalue weighted by atomic mass is 10.1. The maximum atomic E-state index is 11.8. The molecule has 1 aromatic rings. The molecule has 0 spiro atoms. The summed E-state index contributed by atoms with van der Waals surface area (Å²) in [7, 11) is 0. The van der Waals surface area contributed by atoms with E-state index in [2.05, 4.69) is 0 Å². The smallest absolute Gasteiger partial charge is 0.326 e. The van der Waals surface area contributed by atoms with E-state index in [0.717, 1.165) is 5.56 Å². The summed E-state index contributed by atoms with van der Waals surface area (Å²) >= 11 is 0. The third-order valence-corrected chi connectivity index (χ3v) is 3.24. The molecule has 0 aliphatic carbocycles. The van der Waals surface area contributed by atoms with Gasteiger partial charge in [0, 0.05) is 6.42 Å². The van der Waals surface area contributed by atoms with E-state index in [0.29, 0.717) is 12.8 Å². The van der Waals surface area contributed by atoms with E-state index in [1.54, 1.807) is 0 Å². The molecule has 90 valence electrons. The number of carboxylic acid groups (broad SMARTS) is 1. The van der Waals surface area contributed by atoms with Crippen molar-refractivity contribution in [3.8, 4) is 0 Å². The van der Waals surface area contributed by atoms with E-state index in [1.807, 2.05) is 37.3 Å². The maximum absolute atomic E-state index is 11.8. The Morgan fingerprint density at radius 2 is 2.06 bits per heavy atom. The van der Waals surface area contributed by atoms with Gasteiger partial charge in [0.15, 0.2) is 0 Å². The van der Waals surface area contributed by atoms with Gasteiger partial charge in [-0.05, 0) is 18.9 Å². The number of nitrogens with zero attached hydrogens (tertiary/aromatic N) is 1. The van der Waals surface area contributed by atoms with Gasteiger partial charge in [0.25, 0.3) is 0 Å². The van der Waals surface area contributed by atoms with Crippen molar-refractivity contribution in [2.24, 2.45) is 0 Å². The molecule has 1 aliphatic rings. The van der Waals surface area contributed by atoms with Gasteiger partial charge in [0.05, 0.1) is 6.04 Å². The minimum atomic E-state index is -0.918. The van der Waals surface area contributed by atoms with E-state index >= 15 is 0 Å². The average Bonchev–Trinajstić information content (AvgIpc) is 2.71. The fourth-order valence-electron chi connectivity index (χ4n) is 2.32. The fraction of sp³-hybridized carbons (Fsp3) is 0.385. The van der Waals surface area contributed by atoms with Crippen molar-refractivity contribution in [2.75, 3.05) is 0 Å². The Bertz CT molecular complexity index is 430. The highest BCUT2D eigenvalue weighted by Crippen LogP contribution is 2.30. The van der Waals surface area contributed by atoms with Crippen molar-refractivity contribution in [3.63, 3.8) is 0 Å². The van der Waals surface area contributed by atoms with Crippen LogP contribution in [-0.4, -0.2) is 27.9 Å². The predicted molar refractivity (Wildman–Crippen MR) is 62.4 cm³/mol. The molecule has 4 nitrogen and oxygen atoms in total. The molecular weight excluding hydrogens is 218 g/mol. The van der Waals surface area contributed by atoms with Crippen LogP contribution < -0.4 is 0 Å². The number of aliphatic carboxylic acids is 1. The number of hydrogen-bond donors (Lipinski definition) is 1. The first-order chi connectivity index (χ1) is 8.11. The van der Waals surface area contributed by atoms with Crippen LogP contribution >= 0.6 is 0 Å². The monoisotopic (exact) mass is 233 g/mol. The summed E-state index contributed by atoms with van der Waals surface area (Å²) in [4.78, 5) is 24.3. The van der Waals surface area contributed by atoms with Crippen LogP contribution in [0.25, 0.3) is 0 Å². The van der Waals surface area contributed by atoms with Crippen molar-refractivity contribution >= 4 is 11.9 Å². The third kappa shape index (κ3) is 2.16. The first kappa shape index (κ1) is 11.6. The van der Waals surface area contributed by atoms with E-state index in [9.17, 15) is 9.59 Å².